The highest BCUT2D eigenvalue weighted by Gasteiger charge is 2.22. The summed E-state index contributed by atoms with van der Waals surface area (Å²) in [5, 5.41) is 8.07. The van der Waals surface area contributed by atoms with Crippen molar-refractivity contribution >= 4 is 16.9 Å². The Labute approximate surface area is 143 Å². The van der Waals surface area contributed by atoms with Crippen LogP contribution in [-0.2, 0) is 13.5 Å². The van der Waals surface area contributed by atoms with Gasteiger partial charge in [-0.3, -0.25) is 4.98 Å². The highest BCUT2D eigenvalue weighted by atomic mass is 19.2. The summed E-state index contributed by atoms with van der Waals surface area (Å²) in [5.74, 6) is 0.455. The van der Waals surface area contributed by atoms with Gasteiger partial charge in [-0.1, -0.05) is 0 Å². The lowest BCUT2D eigenvalue weighted by Crippen LogP contribution is -2.35. The van der Waals surface area contributed by atoms with Gasteiger partial charge < -0.3 is 9.47 Å². The van der Waals surface area contributed by atoms with Crippen molar-refractivity contribution in [3.05, 3.63) is 42.1 Å². The highest BCUT2D eigenvalue weighted by Crippen LogP contribution is 2.25. The van der Waals surface area contributed by atoms with E-state index in [1.54, 1.807) is 12.5 Å². The van der Waals surface area contributed by atoms with Crippen molar-refractivity contribution in [1.29, 1.82) is 0 Å². The molecule has 2 aromatic heterocycles. The van der Waals surface area contributed by atoms with Crippen LogP contribution in [0.15, 0.2) is 24.7 Å². The van der Waals surface area contributed by atoms with Crippen LogP contribution >= 0.6 is 0 Å². The fourth-order valence-electron chi connectivity index (χ4n) is 3.27. The molecule has 25 heavy (non-hydrogen) atoms. The summed E-state index contributed by atoms with van der Waals surface area (Å²) in [6, 6.07) is 2.18. The lowest BCUT2D eigenvalue weighted by atomic mass is 9.93. The van der Waals surface area contributed by atoms with Gasteiger partial charge in [0, 0.05) is 38.7 Å². The van der Waals surface area contributed by atoms with Gasteiger partial charge in [0.15, 0.2) is 11.6 Å². The number of hydrogen-bond acceptors (Lipinski definition) is 5. The lowest BCUT2D eigenvalue weighted by molar-refractivity contribution is 0.392. The van der Waals surface area contributed by atoms with Gasteiger partial charge in [-0.15, -0.1) is 10.2 Å². The second kappa shape index (κ2) is 6.34. The smallest absolute Gasteiger partial charge is 0.161 e. The monoisotopic (exact) mass is 344 g/mol. The molecule has 3 aromatic rings. The fourth-order valence-corrected chi connectivity index (χ4v) is 3.27. The van der Waals surface area contributed by atoms with Gasteiger partial charge in [0.2, 0.25) is 0 Å². The van der Waals surface area contributed by atoms with Crippen molar-refractivity contribution in [3.8, 4) is 0 Å². The molecule has 0 bridgehead atoms. The first-order valence-corrected chi connectivity index (χ1v) is 8.30. The van der Waals surface area contributed by atoms with E-state index in [-0.39, 0.29) is 0 Å². The third-order valence-corrected chi connectivity index (χ3v) is 4.79. The van der Waals surface area contributed by atoms with Gasteiger partial charge >= 0.3 is 0 Å². The Kier molecular flexibility index (Phi) is 4.03. The van der Waals surface area contributed by atoms with Gasteiger partial charge in [0.25, 0.3) is 0 Å². The minimum Gasteiger partial charge on any atom is -0.355 e. The first-order valence-electron chi connectivity index (χ1n) is 8.30. The Hall–Kier alpha value is -2.64. The highest BCUT2D eigenvalue weighted by molar-refractivity contribution is 5.75. The molecular weight excluding hydrogens is 326 g/mol. The van der Waals surface area contributed by atoms with E-state index in [0.29, 0.717) is 22.8 Å². The van der Waals surface area contributed by atoms with Crippen molar-refractivity contribution in [3.63, 3.8) is 0 Å². The van der Waals surface area contributed by atoms with E-state index in [4.69, 9.17) is 0 Å². The molecule has 0 saturated carbocycles. The Morgan fingerprint density at radius 1 is 1.12 bits per heavy atom. The third kappa shape index (κ3) is 3.16. The van der Waals surface area contributed by atoms with E-state index < -0.39 is 11.6 Å². The summed E-state index contributed by atoms with van der Waals surface area (Å²) in [5.41, 5.74) is 0.734. The normalized spacial score (nSPS) is 15.9. The number of nitrogens with zero attached hydrogens (tertiary/aromatic N) is 6. The zero-order valence-corrected chi connectivity index (χ0v) is 13.9. The molecule has 4 rings (SSSR count). The van der Waals surface area contributed by atoms with Crippen molar-refractivity contribution < 1.29 is 8.78 Å². The standard InChI is InChI=1S/C17H18F2N6/c1-24-10-21-23-16(24)6-11-2-4-25(5-3-11)17-9-20-14-7-12(18)13(19)8-15(14)22-17/h7-11H,2-6H2,1H3. The number of aryl methyl sites for hydroxylation is 1. The number of benzene rings is 1. The average molecular weight is 344 g/mol. The number of hydrogen-bond donors (Lipinski definition) is 0. The summed E-state index contributed by atoms with van der Waals surface area (Å²) in [4.78, 5) is 10.8. The third-order valence-electron chi connectivity index (χ3n) is 4.79. The quantitative estimate of drug-likeness (QED) is 0.731. The van der Waals surface area contributed by atoms with Gasteiger partial charge in [-0.2, -0.15) is 0 Å². The fraction of sp³-hybridized carbons (Fsp3) is 0.412. The summed E-state index contributed by atoms with van der Waals surface area (Å²) >= 11 is 0. The Balaban J connectivity index is 1.46. The van der Waals surface area contributed by atoms with Crippen LogP contribution in [0.5, 0.6) is 0 Å². The number of halogens is 2. The number of anilines is 1. The van der Waals surface area contributed by atoms with Crippen LogP contribution in [0.2, 0.25) is 0 Å². The number of aromatic nitrogens is 5. The maximum absolute atomic E-state index is 13.4. The van der Waals surface area contributed by atoms with Crippen LogP contribution < -0.4 is 4.90 Å². The second-order valence-electron chi connectivity index (χ2n) is 6.48. The van der Waals surface area contributed by atoms with E-state index in [1.807, 2.05) is 11.6 Å². The average Bonchev–Trinajstić information content (AvgIpc) is 3.01. The Bertz CT molecular complexity index is 901. The first-order chi connectivity index (χ1) is 12.1. The van der Waals surface area contributed by atoms with Crippen LogP contribution in [0.3, 0.4) is 0 Å². The van der Waals surface area contributed by atoms with E-state index in [1.165, 1.54) is 0 Å². The van der Waals surface area contributed by atoms with Gasteiger partial charge in [-0.25, -0.2) is 13.8 Å². The minimum absolute atomic E-state index is 0.361. The van der Waals surface area contributed by atoms with Gasteiger partial charge in [-0.05, 0) is 18.8 Å². The van der Waals surface area contributed by atoms with Crippen molar-refractivity contribution in [2.75, 3.05) is 18.0 Å². The molecule has 0 radical (unpaired) electrons. The predicted octanol–water partition coefficient (Wildman–Crippen LogP) is 2.50. The van der Waals surface area contributed by atoms with Crippen molar-refractivity contribution in [2.45, 2.75) is 19.3 Å². The zero-order chi connectivity index (χ0) is 17.4. The molecule has 0 N–H and O–H groups in total. The molecule has 1 aliphatic heterocycles. The Morgan fingerprint density at radius 2 is 1.84 bits per heavy atom. The molecular formula is C17H18F2N6. The summed E-state index contributed by atoms with van der Waals surface area (Å²) in [7, 11) is 1.96. The maximum atomic E-state index is 13.4. The molecule has 3 heterocycles. The van der Waals surface area contributed by atoms with E-state index in [2.05, 4.69) is 25.1 Å². The van der Waals surface area contributed by atoms with E-state index in [0.717, 1.165) is 50.3 Å². The molecule has 1 aliphatic rings. The Morgan fingerprint density at radius 3 is 2.52 bits per heavy atom. The predicted molar refractivity (Wildman–Crippen MR) is 89.1 cm³/mol. The number of rotatable bonds is 3. The van der Waals surface area contributed by atoms with Gasteiger partial charge in [0.05, 0.1) is 17.2 Å². The van der Waals surface area contributed by atoms with Crippen LogP contribution in [0.1, 0.15) is 18.7 Å². The molecule has 1 fully saturated rings. The van der Waals surface area contributed by atoms with Crippen molar-refractivity contribution in [2.24, 2.45) is 13.0 Å². The summed E-state index contributed by atoms with van der Waals surface area (Å²) < 4.78 is 28.6. The SMILES string of the molecule is Cn1cnnc1CC1CCN(c2cnc3cc(F)c(F)cc3n2)CC1. The largest absolute Gasteiger partial charge is 0.355 e. The second-order valence-corrected chi connectivity index (χ2v) is 6.48. The van der Waals surface area contributed by atoms with Crippen molar-refractivity contribution in [1.82, 2.24) is 24.7 Å². The van der Waals surface area contributed by atoms with Crippen LogP contribution in [0, 0.1) is 17.6 Å². The molecule has 6 nitrogen and oxygen atoms in total. The van der Waals surface area contributed by atoms with Crippen LogP contribution in [-0.4, -0.2) is 37.8 Å². The van der Waals surface area contributed by atoms with Crippen LogP contribution in [0.4, 0.5) is 14.6 Å². The molecule has 8 heteroatoms. The molecule has 0 amide bonds. The molecule has 130 valence electrons. The zero-order valence-electron chi connectivity index (χ0n) is 13.9. The molecule has 0 spiro atoms. The molecule has 0 unspecified atom stereocenters. The molecule has 0 aliphatic carbocycles. The summed E-state index contributed by atoms with van der Waals surface area (Å²) in [6.07, 6.45) is 6.30. The number of piperidine rings is 1. The maximum Gasteiger partial charge on any atom is 0.161 e. The molecule has 0 atom stereocenters. The van der Waals surface area contributed by atoms with Gasteiger partial charge in [0.1, 0.15) is 18.0 Å². The summed E-state index contributed by atoms with van der Waals surface area (Å²) in [6.45, 7) is 1.71. The number of fused-ring (bicyclic) bond motifs is 1. The first kappa shape index (κ1) is 15.9. The van der Waals surface area contributed by atoms with E-state index >= 15 is 0 Å². The van der Waals surface area contributed by atoms with Crippen LogP contribution in [0.25, 0.3) is 11.0 Å². The minimum atomic E-state index is -0.904. The topological polar surface area (TPSA) is 59.7 Å². The molecule has 1 aromatic carbocycles. The lowest BCUT2D eigenvalue weighted by Gasteiger charge is -2.32. The van der Waals surface area contributed by atoms with E-state index in [9.17, 15) is 8.78 Å². The molecule has 1 saturated heterocycles.